The van der Waals surface area contributed by atoms with Crippen molar-refractivity contribution in [2.24, 2.45) is 5.41 Å². The second kappa shape index (κ2) is 7.66. The SMILES string of the molecule is CCCCC1=C(C(c2ccccc2)(c2ccccc2)C(C)(C)C)CC=C1. The molecule has 0 N–H and O–H groups in total. The molecule has 0 nitrogen and oxygen atoms in total. The molecule has 2 aromatic carbocycles. The molecule has 0 unspecified atom stereocenters. The summed E-state index contributed by atoms with van der Waals surface area (Å²) in [5.74, 6) is 0. The zero-order valence-corrected chi connectivity index (χ0v) is 16.8. The van der Waals surface area contributed by atoms with E-state index < -0.39 is 0 Å². The van der Waals surface area contributed by atoms with Gasteiger partial charge in [-0.3, -0.25) is 0 Å². The van der Waals surface area contributed by atoms with Crippen molar-refractivity contribution in [2.75, 3.05) is 0 Å². The van der Waals surface area contributed by atoms with Crippen molar-refractivity contribution in [1.82, 2.24) is 0 Å². The Kier molecular flexibility index (Phi) is 5.51. The first-order chi connectivity index (χ1) is 12.5. The van der Waals surface area contributed by atoms with E-state index in [9.17, 15) is 0 Å². The summed E-state index contributed by atoms with van der Waals surface area (Å²) in [6, 6.07) is 22.3. The van der Waals surface area contributed by atoms with Crippen molar-refractivity contribution in [1.29, 1.82) is 0 Å². The van der Waals surface area contributed by atoms with Gasteiger partial charge in [0.25, 0.3) is 0 Å². The fourth-order valence-corrected chi connectivity index (χ4v) is 4.76. The first-order valence-electron chi connectivity index (χ1n) is 10.0. The number of rotatable bonds is 6. The monoisotopic (exact) mass is 344 g/mol. The number of benzene rings is 2. The highest BCUT2D eigenvalue weighted by Crippen LogP contribution is 2.55. The van der Waals surface area contributed by atoms with Crippen LogP contribution in [0.15, 0.2) is 84.0 Å². The van der Waals surface area contributed by atoms with Crippen LogP contribution in [-0.2, 0) is 5.41 Å². The summed E-state index contributed by atoms with van der Waals surface area (Å²) in [6.07, 6.45) is 9.49. The predicted octanol–water partition coefficient (Wildman–Crippen LogP) is 7.47. The van der Waals surface area contributed by atoms with E-state index in [1.54, 1.807) is 11.1 Å². The lowest BCUT2D eigenvalue weighted by atomic mass is 9.54. The molecular weight excluding hydrogens is 312 g/mol. The van der Waals surface area contributed by atoms with Crippen molar-refractivity contribution < 1.29 is 0 Å². The van der Waals surface area contributed by atoms with Crippen molar-refractivity contribution in [3.8, 4) is 0 Å². The maximum Gasteiger partial charge on any atom is 0.0468 e. The van der Waals surface area contributed by atoms with E-state index in [2.05, 4.69) is 101 Å². The topological polar surface area (TPSA) is 0 Å². The third kappa shape index (κ3) is 3.18. The lowest BCUT2D eigenvalue weighted by Gasteiger charge is -2.48. The summed E-state index contributed by atoms with van der Waals surface area (Å²) in [4.78, 5) is 0. The maximum atomic E-state index is 2.40. The van der Waals surface area contributed by atoms with Crippen LogP contribution in [-0.4, -0.2) is 0 Å². The van der Waals surface area contributed by atoms with Crippen molar-refractivity contribution in [3.63, 3.8) is 0 Å². The van der Waals surface area contributed by atoms with Crippen molar-refractivity contribution in [3.05, 3.63) is 95.1 Å². The summed E-state index contributed by atoms with van der Waals surface area (Å²) >= 11 is 0. The molecule has 0 saturated carbocycles. The van der Waals surface area contributed by atoms with Crippen LogP contribution in [0.3, 0.4) is 0 Å². The highest BCUT2D eigenvalue weighted by atomic mass is 14.5. The van der Waals surface area contributed by atoms with Gasteiger partial charge in [0.15, 0.2) is 0 Å². The van der Waals surface area contributed by atoms with Gasteiger partial charge < -0.3 is 0 Å². The van der Waals surface area contributed by atoms with E-state index in [0.29, 0.717) is 0 Å². The minimum absolute atomic E-state index is 0.0640. The van der Waals surface area contributed by atoms with E-state index in [1.807, 2.05) is 0 Å². The Morgan fingerprint density at radius 2 is 1.35 bits per heavy atom. The zero-order valence-electron chi connectivity index (χ0n) is 16.8. The van der Waals surface area contributed by atoms with Gasteiger partial charge in [-0.15, -0.1) is 0 Å². The van der Waals surface area contributed by atoms with Crippen LogP contribution in [0.5, 0.6) is 0 Å². The first kappa shape index (κ1) is 18.7. The molecule has 0 aromatic heterocycles. The molecule has 0 bridgehead atoms. The summed E-state index contributed by atoms with van der Waals surface area (Å²) < 4.78 is 0. The molecule has 1 aliphatic carbocycles. The minimum atomic E-state index is -0.109. The van der Waals surface area contributed by atoms with E-state index in [1.165, 1.54) is 30.4 Å². The van der Waals surface area contributed by atoms with Crippen molar-refractivity contribution in [2.45, 2.75) is 58.8 Å². The summed E-state index contributed by atoms with van der Waals surface area (Å²) in [7, 11) is 0. The molecule has 0 heterocycles. The molecule has 0 fully saturated rings. The van der Waals surface area contributed by atoms with Gasteiger partial charge in [-0.1, -0.05) is 107 Å². The highest BCUT2D eigenvalue weighted by molar-refractivity contribution is 5.56. The number of unbranched alkanes of at least 4 members (excludes halogenated alkanes) is 1. The van der Waals surface area contributed by atoms with Crippen LogP contribution in [0.1, 0.15) is 64.5 Å². The fourth-order valence-electron chi connectivity index (χ4n) is 4.76. The van der Waals surface area contributed by atoms with Gasteiger partial charge in [-0.25, -0.2) is 0 Å². The number of allylic oxidation sites excluding steroid dienone is 4. The van der Waals surface area contributed by atoms with E-state index in [-0.39, 0.29) is 10.8 Å². The van der Waals surface area contributed by atoms with Gasteiger partial charge in [0, 0.05) is 5.41 Å². The van der Waals surface area contributed by atoms with Gasteiger partial charge >= 0.3 is 0 Å². The largest absolute Gasteiger partial charge is 0.0801 e. The summed E-state index contributed by atoms with van der Waals surface area (Å²) in [5, 5.41) is 0. The molecule has 0 aliphatic heterocycles. The minimum Gasteiger partial charge on any atom is -0.0801 e. The van der Waals surface area contributed by atoms with E-state index >= 15 is 0 Å². The van der Waals surface area contributed by atoms with Crippen LogP contribution in [0, 0.1) is 5.41 Å². The normalized spacial score (nSPS) is 14.9. The standard InChI is InChI=1S/C26H32/c1-5-6-14-21-15-13-20-24(21)26(25(2,3)4,22-16-9-7-10-17-22)23-18-11-8-12-19-23/h7-13,15-19H,5-6,14,20H2,1-4H3. The molecule has 0 amide bonds. The Labute approximate surface area is 159 Å². The summed E-state index contributed by atoms with van der Waals surface area (Å²) in [6.45, 7) is 9.48. The lowest BCUT2D eigenvalue weighted by Crippen LogP contribution is -2.43. The fraction of sp³-hybridized carbons (Fsp3) is 0.385. The molecule has 136 valence electrons. The first-order valence-corrected chi connectivity index (χ1v) is 10.0. The van der Waals surface area contributed by atoms with Gasteiger partial charge in [0.2, 0.25) is 0 Å². The molecular formula is C26H32. The average molecular weight is 345 g/mol. The third-order valence-corrected chi connectivity index (χ3v) is 5.82. The van der Waals surface area contributed by atoms with Crippen molar-refractivity contribution >= 4 is 0 Å². The average Bonchev–Trinajstić information content (AvgIpc) is 3.10. The number of hydrogen-bond donors (Lipinski definition) is 0. The van der Waals surface area contributed by atoms with Crippen LogP contribution >= 0.6 is 0 Å². The van der Waals surface area contributed by atoms with Gasteiger partial charge in [-0.05, 0) is 47.0 Å². The van der Waals surface area contributed by atoms with E-state index in [0.717, 1.165) is 6.42 Å². The molecule has 0 heteroatoms. The highest BCUT2D eigenvalue weighted by Gasteiger charge is 2.48. The van der Waals surface area contributed by atoms with Crippen LogP contribution in [0.2, 0.25) is 0 Å². The van der Waals surface area contributed by atoms with Crippen LogP contribution in [0.25, 0.3) is 0 Å². The Bertz CT molecular complexity index is 730. The molecule has 0 spiro atoms. The molecule has 1 aliphatic rings. The molecule has 0 saturated heterocycles. The zero-order chi connectivity index (χ0) is 18.6. The Hall–Kier alpha value is -2.08. The molecule has 3 rings (SSSR count). The smallest absolute Gasteiger partial charge is 0.0468 e. The molecule has 0 atom stereocenters. The molecule has 26 heavy (non-hydrogen) atoms. The molecule has 0 radical (unpaired) electrons. The number of hydrogen-bond acceptors (Lipinski definition) is 0. The summed E-state index contributed by atoms with van der Waals surface area (Å²) in [5.41, 5.74) is 5.92. The van der Waals surface area contributed by atoms with Crippen LogP contribution < -0.4 is 0 Å². The maximum absolute atomic E-state index is 2.40. The second-order valence-electron chi connectivity index (χ2n) is 8.45. The third-order valence-electron chi connectivity index (χ3n) is 5.82. The van der Waals surface area contributed by atoms with Gasteiger partial charge in [0.1, 0.15) is 0 Å². The quantitative estimate of drug-likeness (QED) is 0.510. The Morgan fingerprint density at radius 1 is 0.808 bits per heavy atom. The molecule has 2 aromatic rings. The van der Waals surface area contributed by atoms with Crippen LogP contribution in [0.4, 0.5) is 0 Å². The van der Waals surface area contributed by atoms with Gasteiger partial charge in [-0.2, -0.15) is 0 Å². The van der Waals surface area contributed by atoms with E-state index in [4.69, 9.17) is 0 Å². The van der Waals surface area contributed by atoms with Gasteiger partial charge in [0.05, 0.1) is 0 Å². The Balaban J connectivity index is 2.32. The Morgan fingerprint density at radius 3 is 1.81 bits per heavy atom. The second-order valence-corrected chi connectivity index (χ2v) is 8.45. The predicted molar refractivity (Wildman–Crippen MR) is 113 cm³/mol. The lowest BCUT2D eigenvalue weighted by molar-refractivity contribution is 0.263.